The predicted molar refractivity (Wildman–Crippen MR) is 73.3 cm³/mol. The first-order chi connectivity index (χ1) is 8.19. The van der Waals surface area contributed by atoms with E-state index in [0.717, 1.165) is 34.9 Å². The molecule has 0 amide bonds. The van der Waals surface area contributed by atoms with Crippen molar-refractivity contribution in [2.45, 2.75) is 26.8 Å². The van der Waals surface area contributed by atoms with Gasteiger partial charge in [-0.05, 0) is 22.9 Å². The Kier molecular flexibility index (Phi) is 4.06. The Labute approximate surface area is 113 Å². The molecule has 2 heterocycles. The zero-order chi connectivity index (χ0) is 12.3. The fourth-order valence-corrected chi connectivity index (χ4v) is 2.52. The second-order valence-electron chi connectivity index (χ2n) is 3.56. The molecule has 0 spiro atoms. The van der Waals surface area contributed by atoms with Gasteiger partial charge in [-0.2, -0.15) is 0 Å². The van der Waals surface area contributed by atoms with Crippen molar-refractivity contribution in [2.24, 2.45) is 0 Å². The number of rotatable bonds is 4. The summed E-state index contributed by atoms with van der Waals surface area (Å²) in [6.07, 6.45) is 0.827. The molecule has 0 aliphatic rings. The second-order valence-corrected chi connectivity index (χ2v) is 5.31. The minimum absolute atomic E-state index is 0.753. The third-order valence-electron chi connectivity index (χ3n) is 2.33. The number of nitrogens with one attached hydrogen (secondary N) is 1. The molecule has 6 heteroatoms. The standard InChI is InChI=1S/C11H13BrN4S/c1-3-10-15-9(12)4-11(16-10)13-5-8-7(2)14-6-17-8/h4,6H,3,5H2,1-2H3,(H,13,15,16). The molecule has 0 aliphatic heterocycles. The lowest BCUT2D eigenvalue weighted by molar-refractivity contribution is 0.922. The Balaban J connectivity index is 2.09. The van der Waals surface area contributed by atoms with Gasteiger partial charge in [-0.25, -0.2) is 15.0 Å². The van der Waals surface area contributed by atoms with Crippen LogP contribution in [0.4, 0.5) is 5.82 Å². The van der Waals surface area contributed by atoms with E-state index in [9.17, 15) is 0 Å². The Morgan fingerprint density at radius 1 is 1.41 bits per heavy atom. The van der Waals surface area contributed by atoms with Crippen LogP contribution in [0.2, 0.25) is 0 Å². The molecule has 0 fully saturated rings. The number of halogens is 1. The fourth-order valence-electron chi connectivity index (χ4n) is 1.38. The van der Waals surface area contributed by atoms with E-state index in [1.807, 2.05) is 25.4 Å². The molecule has 2 aromatic rings. The van der Waals surface area contributed by atoms with E-state index in [0.29, 0.717) is 0 Å². The van der Waals surface area contributed by atoms with Crippen molar-refractivity contribution in [3.05, 3.63) is 32.6 Å². The molecule has 0 bridgehead atoms. The maximum absolute atomic E-state index is 4.41. The summed E-state index contributed by atoms with van der Waals surface area (Å²) in [6.45, 7) is 4.81. The number of aromatic nitrogens is 3. The summed E-state index contributed by atoms with van der Waals surface area (Å²) in [5.41, 5.74) is 2.94. The molecule has 0 atom stereocenters. The maximum atomic E-state index is 4.41. The number of hydrogen-bond acceptors (Lipinski definition) is 5. The molecule has 1 N–H and O–H groups in total. The van der Waals surface area contributed by atoms with E-state index < -0.39 is 0 Å². The number of thiazole rings is 1. The topological polar surface area (TPSA) is 50.7 Å². The van der Waals surface area contributed by atoms with Crippen LogP contribution in [0.5, 0.6) is 0 Å². The van der Waals surface area contributed by atoms with Gasteiger partial charge < -0.3 is 5.32 Å². The lowest BCUT2D eigenvalue weighted by Crippen LogP contribution is -2.04. The van der Waals surface area contributed by atoms with Crippen molar-refractivity contribution in [1.29, 1.82) is 0 Å². The molecule has 0 saturated carbocycles. The van der Waals surface area contributed by atoms with Crippen LogP contribution in [0, 0.1) is 6.92 Å². The van der Waals surface area contributed by atoms with Gasteiger partial charge in [-0.1, -0.05) is 6.92 Å². The minimum Gasteiger partial charge on any atom is -0.365 e. The highest BCUT2D eigenvalue weighted by atomic mass is 79.9. The lowest BCUT2D eigenvalue weighted by Gasteiger charge is -2.06. The Bertz CT molecular complexity index is 512. The third-order valence-corrected chi connectivity index (χ3v) is 3.67. The third kappa shape index (κ3) is 3.23. The monoisotopic (exact) mass is 312 g/mol. The predicted octanol–water partition coefficient (Wildman–Crippen LogP) is 3.18. The van der Waals surface area contributed by atoms with E-state index in [-0.39, 0.29) is 0 Å². The maximum Gasteiger partial charge on any atom is 0.131 e. The average molecular weight is 313 g/mol. The number of hydrogen-bond donors (Lipinski definition) is 1. The molecule has 2 rings (SSSR count). The Morgan fingerprint density at radius 2 is 2.24 bits per heavy atom. The highest BCUT2D eigenvalue weighted by Gasteiger charge is 2.04. The van der Waals surface area contributed by atoms with Crippen molar-refractivity contribution in [3.63, 3.8) is 0 Å². The molecule has 0 radical (unpaired) electrons. The molecule has 90 valence electrons. The van der Waals surface area contributed by atoms with Crippen LogP contribution < -0.4 is 5.32 Å². The van der Waals surface area contributed by atoms with Crippen LogP contribution in [0.3, 0.4) is 0 Å². The van der Waals surface area contributed by atoms with Crippen LogP contribution in [0.1, 0.15) is 23.3 Å². The summed E-state index contributed by atoms with van der Waals surface area (Å²) in [7, 11) is 0. The van der Waals surface area contributed by atoms with Crippen LogP contribution in [-0.4, -0.2) is 15.0 Å². The molecule has 4 nitrogen and oxygen atoms in total. The summed E-state index contributed by atoms with van der Waals surface area (Å²) >= 11 is 5.04. The summed E-state index contributed by atoms with van der Waals surface area (Å²) in [6, 6.07) is 1.88. The molecule has 0 saturated heterocycles. The number of aryl methyl sites for hydroxylation is 2. The van der Waals surface area contributed by atoms with Crippen LogP contribution >= 0.6 is 27.3 Å². The average Bonchev–Trinajstić information content (AvgIpc) is 2.71. The molecule has 0 aromatic carbocycles. The quantitative estimate of drug-likeness (QED) is 0.881. The van der Waals surface area contributed by atoms with Crippen LogP contribution in [-0.2, 0) is 13.0 Å². The molecule has 2 aromatic heterocycles. The highest BCUT2D eigenvalue weighted by Crippen LogP contribution is 2.16. The van der Waals surface area contributed by atoms with Gasteiger partial charge in [0.25, 0.3) is 0 Å². The van der Waals surface area contributed by atoms with E-state index in [4.69, 9.17) is 0 Å². The summed E-state index contributed by atoms with van der Waals surface area (Å²) in [5, 5.41) is 3.29. The van der Waals surface area contributed by atoms with Crippen molar-refractivity contribution in [2.75, 3.05) is 5.32 Å². The van der Waals surface area contributed by atoms with Gasteiger partial charge in [0.2, 0.25) is 0 Å². The normalized spacial score (nSPS) is 10.5. The van der Waals surface area contributed by atoms with Crippen molar-refractivity contribution in [3.8, 4) is 0 Å². The van der Waals surface area contributed by atoms with Gasteiger partial charge in [-0.3, -0.25) is 0 Å². The fraction of sp³-hybridized carbons (Fsp3) is 0.364. The summed E-state index contributed by atoms with van der Waals surface area (Å²) in [5.74, 6) is 1.68. The minimum atomic E-state index is 0.753. The molecular weight excluding hydrogens is 300 g/mol. The lowest BCUT2D eigenvalue weighted by atomic mass is 10.4. The van der Waals surface area contributed by atoms with Gasteiger partial charge >= 0.3 is 0 Å². The first-order valence-electron chi connectivity index (χ1n) is 5.35. The first-order valence-corrected chi connectivity index (χ1v) is 7.02. The molecule has 0 aliphatic carbocycles. The molecule has 17 heavy (non-hydrogen) atoms. The van der Waals surface area contributed by atoms with Gasteiger partial charge in [0, 0.05) is 17.4 Å². The Hall–Kier alpha value is -1.01. The first kappa shape index (κ1) is 12.4. The van der Waals surface area contributed by atoms with E-state index in [1.165, 1.54) is 4.88 Å². The van der Waals surface area contributed by atoms with E-state index in [2.05, 4.69) is 36.2 Å². The van der Waals surface area contributed by atoms with Gasteiger partial charge in [0.05, 0.1) is 17.7 Å². The number of nitrogens with zero attached hydrogens (tertiary/aromatic N) is 3. The summed E-state index contributed by atoms with van der Waals surface area (Å²) in [4.78, 5) is 14.1. The van der Waals surface area contributed by atoms with Crippen LogP contribution in [0.15, 0.2) is 16.2 Å². The molecule has 0 unspecified atom stereocenters. The van der Waals surface area contributed by atoms with Gasteiger partial charge in [0.15, 0.2) is 0 Å². The van der Waals surface area contributed by atoms with Crippen molar-refractivity contribution in [1.82, 2.24) is 15.0 Å². The highest BCUT2D eigenvalue weighted by molar-refractivity contribution is 9.10. The number of anilines is 1. The van der Waals surface area contributed by atoms with Crippen molar-refractivity contribution >= 4 is 33.1 Å². The van der Waals surface area contributed by atoms with Crippen molar-refractivity contribution < 1.29 is 0 Å². The zero-order valence-electron chi connectivity index (χ0n) is 9.70. The SMILES string of the molecule is CCc1nc(Br)cc(NCc2scnc2C)n1. The van der Waals surface area contributed by atoms with Crippen LogP contribution in [0.25, 0.3) is 0 Å². The van der Waals surface area contributed by atoms with E-state index in [1.54, 1.807) is 11.3 Å². The Morgan fingerprint density at radius 3 is 2.88 bits per heavy atom. The second kappa shape index (κ2) is 5.55. The smallest absolute Gasteiger partial charge is 0.131 e. The van der Waals surface area contributed by atoms with Gasteiger partial charge in [-0.15, -0.1) is 11.3 Å². The van der Waals surface area contributed by atoms with E-state index >= 15 is 0 Å². The summed E-state index contributed by atoms with van der Waals surface area (Å²) < 4.78 is 0.813. The van der Waals surface area contributed by atoms with Gasteiger partial charge in [0.1, 0.15) is 16.2 Å². The largest absolute Gasteiger partial charge is 0.365 e. The zero-order valence-corrected chi connectivity index (χ0v) is 12.1. The molecular formula is C11H13BrN4S.